The smallest absolute Gasteiger partial charge is 0.231 e. The number of rotatable bonds is 2. The molecule has 0 amide bonds. The van der Waals surface area contributed by atoms with E-state index in [-0.39, 0.29) is 29.5 Å². The average molecular weight is 359 g/mol. The van der Waals surface area contributed by atoms with E-state index in [0.717, 1.165) is 50.3 Å². The Hall–Kier alpha value is -1.34. The van der Waals surface area contributed by atoms with Gasteiger partial charge in [0.2, 0.25) is 6.79 Å². The Labute approximate surface area is 153 Å². The molecular formula is C20H25NO5. The monoisotopic (exact) mass is 359 g/mol. The van der Waals surface area contributed by atoms with Crippen LogP contribution in [-0.4, -0.2) is 62.9 Å². The third-order valence-corrected chi connectivity index (χ3v) is 7.39. The Bertz CT molecular complexity index is 769. The summed E-state index contributed by atoms with van der Waals surface area (Å²) in [5, 5.41) is 0. The number of fused-ring (bicyclic) bond motifs is 2. The number of epoxide rings is 1. The zero-order valence-corrected chi connectivity index (χ0v) is 15.3. The summed E-state index contributed by atoms with van der Waals surface area (Å²) < 4.78 is 29.6. The Balaban J connectivity index is 1.56. The van der Waals surface area contributed by atoms with E-state index in [1.807, 2.05) is 0 Å². The fourth-order valence-corrected chi connectivity index (χ4v) is 6.27. The maximum Gasteiger partial charge on any atom is 0.231 e. The predicted octanol–water partition coefficient (Wildman–Crippen LogP) is 1.83. The van der Waals surface area contributed by atoms with Gasteiger partial charge in [-0.05, 0) is 49.1 Å². The molecule has 0 aromatic heterocycles. The van der Waals surface area contributed by atoms with Crippen LogP contribution in [0.15, 0.2) is 12.1 Å². The maximum atomic E-state index is 6.50. The van der Waals surface area contributed by atoms with Crippen LogP contribution in [0.1, 0.15) is 30.4 Å². The molecule has 0 unspecified atom stereocenters. The van der Waals surface area contributed by atoms with E-state index >= 15 is 0 Å². The van der Waals surface area contributed by atoms with Crippen molar-refractivity contribution < 1.29 is 23.7 Å². The highest BCUT2D eigenvalue weighted by Crippen LogP contribution is 2.67. The van der Waals surface area contributed by atoms with Gasteiger partial charge in [0.05, 0.1) is 11.6 Å². The lowest BCUT2D eigenvalue weighted by Crippen LogP contribution is -2.59. The molecule has 5 atom stereocenters. The van der Waals surface area contributed by atoms with Crippen LogP contribution in [0.2, 0.25) is 0 Å². The average Bonchev–Trinajstić information content (AvgIpc) is 3.13. The number of methoxy groups -OCH3 is 2. The van der Waals surface area contributed by atoms with E-state index in [9.17, 15) is 0 Å². The minimum atomic E-state index is -0.157. The van der Waals surface area contributed by atoms with Crippen molar-refractivity contribution in [3.8, 4) is 11.5 Å². The van der Waals surface area contributed by atoms with Gasteiger partial charge in [-0.2, -0.15) is 0 Å². The van der Waals surface area contributed by atoms with E-state index in [1.54, 1.807) is 14.2 Å². The van der Waals surface area contributed by atoms with Gasteiger partial charge in [-0.15, -0.1) is 0 Å². The van der Waals surface area contributed by atoms with Crippen LogP contribution in [0.3, 0.4) is 0 Å². The van der Waals surface area contributed by atoms with Crippen molar-refractivity contribution in [1.29, 1.82) is 0 Å². The SMILES string of the molecule is CO[C@@H]1[C@H]2O[C@]23CCN2CCCc4cc5c(cc4[C@@]23C[C@H]1OC)OCO5. The first kappa shape index (κ1) is 15.7. The van der Waals surface area contributed by atoms with Gasteiger partial charge in [0.25, 0.3) is 0 Å². The van der Waals surface area contributed by atoms with Crippen molar-refractivity contribution in [1.82, 2.24) is 4.90 Å². The van der Waals surface area contributed by atoms with Gasteiger partial charge < -0.3 is 23.7 Å². The first-order chi connectivity index (χ1) is 12.7. The van der Waals surface area contributed by atoms with Crippen LogP contribution >= 0.6 is 0 Å². The van der Waals surface area contributed by atoms with Crippen LogP contribution < -0.4 is 9.47 Å². The Kier molecular flexibility index (Phi) is 3.10. The first-order valence-electron chi connectivity index (χ1n) is 9.65. The quantitative estimate of drug-likeness (QED) is 0.751. The zero-order chi connectivity index (χ0) is 17.5. The highest BCUT2D eigenvalue weighted by Gasteiger charge is 2.80. The molecule has 1 saturated carbocycles. The molecular weight excluding hydrogens is 334 g/mol. The predicted molar refractivity (Wildman–Crippen MR) is 92.6 cm³/mol. The summed E-state index contributed by atoms with van der Waals surface area (Å²) >= 11 is 0. The molecule has 1 aliphatic carbocycles. The molecule has 1 aromatic carbocycles. The minimum absolute atomic E-state index is 0.00582. The fourth-order valence-electron chi connectivity index (χ4n) is 6.27. The lowest BCUT2D eigenvalue weighted by Gasteiger charge is -2.47. The number of aryl methyl sites for hydroxylation is 1. The molecule has 26 heavy (non-hydrogen) atoms. The third kappa shape index (κ3) is 1.68. The first-order valence-corrected chi connectivity index (χ1v) is 9.65. The second kappa shape index (κ2) is 5.13. The van der Waals surface area contributed by atoms with Crippen molar-refractivity contribution in [2.24, 2.45) is 0 Å². The number of ether oxygens (including phenoxy) is 5. The molecule has 0 bridgehead atoms. The Morgan fingerprint density at radius 1 is 1.12 bits per heavy atom. The molecule has 6 nitrogen and oxygen atoms in total. The van der Waals surface area contributed by atoms with E-state index in [2.05, 4.69) is 17.0 Å². The summed E-state index contributed by atoms with van der Waals surface area (Å²) in [6.07, 6.45) is 4.31. The van der Waals surface area contributed by atoms with Crippen molar-refractivity contribution >= 4 is 0 Å². The van der Waals surface area contributed by atoms with Crippen LogP contribution in [0, 0.1) is 0 Å². The van der Waals surface area contributed by atoms with Crippen molar-refractivity contribution in [3.63, 3.8) is 0 Å². The molecule has 4 heterocycles. The lowest BCUT2D eigenvalue weighted by atomic mass is 9.66. The van der Waals surface area contributed by atoms with Crippen LogP contribution in [0.4, 0.5) is 0 Å². The van der Waals surface area contributed by atoms with Gasteiger partial charge in [-0.25, -0.2) is 0 Å². The fraction of sp³-hybridized carbons (Fsp3) is 0.700. The number of benzene rings is 1. The Morgan fingerprint density at radius 3 is 2.77 bits per heavy atom. The van der Waals surface area contributed by atoms with Gasteiger partial charge in [0.15, 0.2) is 11.5 Å². The van der Waals surface area contributed by atoms with E-state index in [1.165, 1.54) is 11.1 Å². The molecule has 140 valence electrons. The standard InChI is InChI=1S/C20H25NO5/c1-22-16-10-19-13-9-15-14(24-11-25-15)8-12(13)4-3-6-21(19)7-5-20(19)18(26-20)17(16)23-2/h8-9,16-18H,3-7,10-11H2,1-2H3/t16-,17+,18-,19-,20-/m1/s1. The second-order valence-corrected chi connectivity index (χ2v) is 8.17. The largest absolute Gasteiger partial charge is 0.454 e. The summed E-state index contributed by atoms with van der Waals surface area (Å²) in [5.74, 6) is 1.74. The molecule has 4 aliphatic heterocycles. The van der Waals surface area contributed by atoms with Crippen LogP contribution in [0.25, 0.3) is 0 Å². The van der Waals surface area contributed by atoms with E-state index in [0.29, 0.717) is 6.79 Å². The van der Waals surface area contributed by atoms with E-state index in [4.69, 9.17) is 23.7 Å². The minimum Gasteiger partial charge on any atom is -0.454 e. The highest BCUT2D eigenvalue weighted by atomic mass is 16.7. The topological polar surface area (TPSA) is 52.7 Å². The summed E-state index contributed by atoms with van der Waals surface area (Å²) in [6, 6.07) is 4.42. The third-order valence-electron chi connectivity index (χ3n) is 7.39. The highest BCUT2D eigenvalue weighted by molar-refractivity contribution is 5.54. The summed E-state index contributed by atoms with van der Waals surface area (Å²) in [5.41, 5.74) is 2.42. The van der Waals surface area contributed by atoms with Crippen LogP contribution in [0.5, 0.6) is 11.5 Å². The van der Waals surface area contributed by atoms with Crippen molar-refractivity contribution in [3.05, 3.63) is 23.3 Å². The number of hydrogen-bond donors (Lipinski definition) is 0. The van der Waals surface area contributed by atoms with Gasteiger partial charge in [0, 0.05) is 27.2 Å². The zero-order valence-electron chi connectivity index (χ0n) is 15.3. The van der Waals surface area contributed by atoms with Gasteiger partial charge in [-0.3, -0.25) is 4.90 Å². The lowest BCUT2D eigenvalue weighted by molar-refractivity contribution is -0.0902. The molecule has 2 saturated heterocycles. The van der Waals surface area contributed by atoms with Crippen molar-refractivity contribution in [2.45, 2.75) is 55.1 Å². The molecule has 1 aromatic rings. The summed E-state index contributed by atoms with van der Waals surface area (Å²) in [4.78, 5) is 2.65. The van der Waals surface area contributed by atoms with Crippen LogP contribution in [-0.2, 0) is 26.2 Å². The maximum absolute atomic E-state index is 6.50. The molecule has 5 aliphatic rings. The molecule has 0 N–H and O–H groups in total. The van der Waals surface area contributed by atoms with Crippen molar-refractivity contribution in [2.75, 3.05) is 34.1 Å². The molecule has 6 heteroatoms. The summed E-state index contributed by atoms with van der Waals surface area (Å²) in [7, 11) is 3.56. The van der Waals surface area contributed by atoms with Gasteiger partial charge in [-0.1, -0.05) is 0 Å². The van der Waals surface area contributed by atoms with Gasteiger partial charge in [0.1, 0.15) is 17.8 Å². The molecule has 3 fully saturated rings. The normalized spacial score (nSPS) is 42.5. The second-order valence-electron chi connectivity index (χ2n) is 8.17. The van der Waals surface area contributed by atoms with Gasteiger partial charge >= 0.3 is 0 Å². The molecule has 0 radical (unpaired) electrons. The summed E-state index contributed by atoms with van der Waals surface area (Å²) in [6.45, 7) is 2.47. The number of nitrogens with zero attached hydrogens (tertiary/aromatic N) is 1. The molecule has 6 rings (SSSR count). The Morgan fingerprint density at radius 2 is 1.96 bits per heavy atom. The number of hydrogen-bond acceptors (Lipinski definition) is 6. The van der Waals surface area contributed by atoms with E-state index < -0.39 is 0 Å². The molecule has 2 spiro atoms.